The average Bonchev–Trinajstić information content (AvgIpc) is 2.47. The fourth-order valence-corrected chi connectivity index (χ4v) is 2.71. The molecule has 0 aliphatic carbocycles. The summed E-state index contributed by atoms with van der Waals surface area (Å²) in [6, 6.07) is 14.8. The van der Waals surface area contributed by atoms with Gasteiger partial charge in [-0.1, -0.05) is 48.9 Å². The van der Waals surface area contributed by atoms with Gasteiger partial charge in [0.1, 0.15) is 5.82 Å². The van der Waals surface area contributed by atoms with E-state index in [1.807, 2.05) is 36.4 Å². The molecule has 0 amide bonds. The van der Waals surface area contributed by atoms with Gasteiger partial charge in [-0.3, -0.25) is 0 Å². The Labute approximate surface area is 131 Å². The van der Waals surface area contributed by atoms with Gasteiger partial charge in [0.2, 0.25) is 0 Å². The molecule has 2 rings (SSSR count). The standard InChI is InChI=1S/C18H21ClFN/c1-2-10-21-13-15(17-8-3-4-9-18(17)20)11-14-6-5-7-16(19)12-14/h3-9,12,15,21H,2,10-11,13H2,1H3. The van der Waals surface area contributed by atoms with Crippen molar-refractivity contribution in [2.24, 2.45) is 0 Å². The van der Waals surface area contributed by atoms with Crippen molar-refractivity contribution in [2.45, 2.75) is 25.7 Å². The molecule has 21 heavy (non-hydrogen) atoms. The number of nitrogens with one attached hydrogen (secondary N) is 1. The van der Waals surface area contributed by atoms with Gasteiger partial charge in [0.25, 0.3) is 0 Å². The molecule has 0 saturated heterocycles. The van der Waals surface area contributed by atoms with E-state index in [0.717, 1.165) is 42.1 Å². The Hall–Kier alpha value is -1.38. The third-order valence-electron chi connectivity index (χ3n) is 3.53. The first-order valence-corrected chi connectivity index (χ1v) is 7.78. The quantitative estimate of drug-likeness (QED) is 0.724. The maximum Gasteiger partial charge on any atom is 0.126 e. The molecular formula is C18H21ClFN. The Kier molecular flexibility index (Phi) is 6.21. The van der Waals surface area contributed by atoms with E-state index >= 15 is 0 Å². The first-order chi connectivity index (χ1) is 10.2. The fourth-order valence-electron chi connectivity index (χ4n) is 2.50. The summed E-state index contributed by atoms with van der Waals surface area (Å²) in [6.07, 6.45) is 1.85. The summed E-state index contributed by atoms with van der Waals surface area (Å²) < 4.78 is 14.1. The Morgan fingerprint density at radius 3 is 2.67 bits per heavy atom. The third kappa shape index (κ3) is 4.83. The van der Waals surface area contributed by atoms with Gasteiger partial charge in [-0.25, -0.2) is 4.39 Å². The second-order valence-electron chi connectivity index (χ2n) is 5.26. The highest BCUT2D eigenvalue weighted by Gasteiger charge is 2.16. The lowest BCUT2D eigenvalue weighted by molar-refractivity contribution is 0.536. The molecule has 0 saturated carbocycles. The summed E-state index contributed by atoms with van der Waals surface area (Å²) >= 11 is 6.04. The molecule has 1 N–H and O–H groups in total. The first-order valence-electron chi connectivity index (χ1n) is 7.40. The number of benzene rings is 2. The van der Waals surface area contributed by atoms with Crippen LogP contribution in [0.25, 0.3) is 0 Å². The van der Waals surface area contributed by atoms with Crippen molar-refractivity contribution in [1.82, 2.24) is 5.32 Å². The molecule has 1 nitrogen and oxygen atoms in total. The smallest absolute Gasteiger partial charge is 0.126 e. The van der Waals surface area contributed by atoms with E-state index in [0.29, 0.717) is 0 Å². The van der Waals surface area contributed by atoms with Crippen LogP contribution in [0.15, 0.2) is 48.5 Å². The monoisotopic (exact) mass is 305 g/mol. The molecule has 1 atom stereocenters. The average molecular weight is 306 g/mol. The number of hydrogen-bond acceptors (Lipinski definition) is 1. The van der Waals surface area contributed by atoms with Crippen LogP contribution in [0.2, 0.25) is 5.02 Å². The van der Waals surface area contributed by atoms with Crippen molar-refractivity contribution < 1.29 is 4.39 Å². The second kappa shape index (κ2) is 8.16. The molecule has 0 aliphatic heterocycles. The number of rotatable bonds is 7. The van der Waals surface area contributed by atoms with Crippen LogP contribution in [0.4, 0.5) is 4.39 Å². The van der Waals surface area contributed by atoms with Crippen LogP contribution in [0.1, 0.15) is 30.4 Å². The van der Waals surface area contributed by atoms with Crippen LogP contribution in [0.3, 0.4) is 0 Å². The normalized spacial score (nSPS) is 12.3. The number of hydrogen-bond donors (Lipinski definition) is 1. The topological polar surface area (TPSA) is 12.0 Å². The largest absolute Gasteiger partial charge is 0.316 e. The van der Waals surface area contributed by atoms with Crippen molar-refractivity contribution >= 4 is 11.6 Å². The Morgan fingerprint density at radius 2 is 1.95 bits per heavy atom. The van der Waals surface area contributed by atoms with Crippen LogP contribution in [-0.4, -0.2) is 13.1 Å². The van der Waals surface area contributed by atoms with E-state index in [4.69, 9.17) is 11.6 Å². The maximum absolute atomic E-state index is 14.1. The van der Waals surface area contributed by atoms with Crippen molar-refractivity contribution in [3.63, 3.8) is 0 Å². The summed E-state index contributed by atoms with van der Waals surface area (Å²) in [5.74, 6) is -0.0287. The Balaban J connectivity index is 2.17. The van der Waals surface area contributed by atoms with Crippen molar-refractivity contribution in [2.75, 3.05) is 13.1 Å². The number of halogens is 2. The van der Waals surface area contributed by atoms with Gasteiger partial charge in [-0.15, -0.1) is 0 Å². The van der Waals surface area contributed by atoms with Crippen molar-refractivity contribution in [3.8, 4) is 0 Å². The van der Waals surface area contributed by atoms with Gasteiger partial charge in [0, 0.05) is 17.5 Å². The molecule has 0 fully saturated rings. The molecule has 0 radical (unpaired) electrons. The van der Waals surface area contributed by atoms with Gasteiger partial charge in [-0.2, -0.15) is 0 Å². The SMILES string of the molecule is CCCNCC(Cc1cccc(Cl)c1)c1ccccc1F. The van der Waals surface area contributed by atoms with Gasteiger partial charge >= 0.3 is 0 Å². The predicted octanol–water partition coefficient (Wildman–Crippen LogP) is 4.81. The van der Waals surface area contributed by atoms with E-state index in [1.54, 1.807) is 6.07 Å². The van der Waals surface area contributed by atoms with E-state index < -0.39 is 0 Å². The maximum atomic E-state index is 14.1. The van der Waals surface area contributed by atoms with Crippen LogP contribution >= 0.6 is 11.6 Å². The molecule has 112 valence electrons. The second-order valence-corrected chi connectivity index (χ2v) is 5.69. The minimum atomic E-state index is -0.136. The minimum absolute atomic E-state index is 0.108. The van der Waals surface area contributed by atoms with Gasteiger partial charge < -0.3 is 5.32 Å². The van der Waals surface area contributed by atoms with Crippen LogP contribution in [-0.2, 0) is 6.42 Å². The molecule has 3 heteroatoms. The zero-order valence-electron chi connectivity index (χ0n) is 12.3. The van der Waals surface area contributed by atoms with Gasteiger partial charge in [-0.05, 0) is 48.7 Å². The molecular weight excluding hydrogens is 285 g/mol. The summed E-state index contributed by atoms with van der Waals surface area (Å²) in [7, 11) is 0. The summed E-state index contributed by atoms with van der Waals surface area (Å²) in [4.78, 5) is 0. The van der Waals surface area contributed by atoms with Gasteiger partial charge in [0.15, 0.2) is 0 Å². The lowest BCUT2D eigenvalue weighted by Gasteiger charge is -2.19. The van der Waals surface area contributed by atoms with E-state index in [9.17, 15) is 4.39 Å². The highest BCUT2D eigenvalue weighted by atomic mass is 35.5. The lowest BCUT2D eigenvalue weighted by atomic mass is 9.91. The van der Waals surface area contributed by atoms with Crippen molar-refractivity contribution in [1.29, 1.82) is 0 Å². The van der Waals surface area contributed by atoms with Gasteiger partial charge in [0.05, 0.1) is 0 Å². The summed E-state index contributed by atoms with van der Waals surface area (Å²) in [5.41, 5.74) is 1.90. The minimum Gasteiger partial charge on any atom is -0.316 e. The van der Waals surface area contributed by atoms with Crippen LogP contribution in [0, 0.1) is 5.82 Å². The lowest BCUT2D eigenvalue weighted by Crippen LogP contribution is -2.24. The Bertz CT molecular complexity index is 571. The molecule has 1 unspecified atom stereocenters. The van der Waals surface area contributed by atoms with E-state index in [2.05, 4.69) is 12.2 Å². The molecule has 0 spiro atoms. The zero-order chi connectivity index (χ0) is 15.1. The molecule has 2 aromatic rings. The molecule has 0 bridgehead atoms. The highest BCUT2D eigenvalue weighted by molar-refractivity contribution is 6.30. The third-order valence-corrected chi connectivity index (χ3v) is 3.77. The Morgan fingerprint density at radius 1 is 1.14 bits per heavy atom. The molecule has 2 aromatic carbocycles. The van der Waals surface area contributed by atoms with E-state index in [-0.39, 0.29) is 11.7 Å². The predicted molar refractivity (Wildman–Crippen MR) is 87.5 cm³/mol. The fraction of sp³-hybridized carbons (Fsp3) is 0.333. The van der Waals surface area contributed by atoms with Crippen molar-refractivity contribution in [3.05, 3.63) is 70.5 Å². The highest BCUT2D eigenvalue weighted by Crippen LogP contribution is 2.24. The summed E-state index contributed by atoms with van der Waals surface area (Å²) in [6.45, 7) is 3.84. The summed E-state index contributed by atoms with van der Waals surface area (Å²) in [5, 5.41) is 4.12. The van der Waals surface area contributed by atoms with Crippen LogP contribution in [0.5, 0.6) is 0 Å². The molecule has 0 heterocycles. The molecule has 0 aliphatic rings. The zero-order valence-corrected chi connectivity index (χ0v) is 13.0. The van der Waals surface area contributed by atoms with E-state index in [1.165, 1.54) is 6.07 Å². The van der Waals surface area contributed by atoms with Crippen LogP contribution < -0.4 is 5.32 Å². The molecule has 0 aromatic heterocycles. The first kappa shape index (κ1) is 16.0.